The zero-order valence-corrected chi connectivity index (χ0v) is 13.8. The first kappa shape index (κ1) is 17.8. The third kappa shape index (κ3) is 5.56. The van der Waals surface area contributed by atoms with Gasteiger partial charge in [-0.25, -0.2) is 0 Å². The third-order valence-corrected chi connectivity index (χ3v) is 3.86. The second-order valence-corrected chi connectivity index (χ2v) is 5.30. The summed E-state index contributed by atoms with van der Waals surface area (Å²) in [6.07, 6.45) is 2.90. The van der Waals surface area contributed by atoms with Gasteiger partial charge in [0.15, 0.2) is 11.5 Å². The van der Waals surface area contributed by atoms with E-state index in [1.807, 2.05) is 6.07 Å². The fourth-order valence-electron chi connectivity index (χ4n) is 2.59. The third-order valence-electron chi connectivity index (χ3n) is 3.86. The van der Waals surface area contributed by atoms with Crippen LogP contribution in [0.15, 0.2) is 18.2 Å². The normalized spacial score (nSPS) is 12.5. The first-order valence-corrected chi connectivity index (χ1v) is 7.72. The Labute approximate surface area is 128 Å². The van der Waals surface area contributed by atoms with Crippen LogP contribution in [-0.2, 0) is 6.42 Å². The molecule has 0 aliphatic heterocycles. The number of hydrogen-bond donors (Lipinski definition) is 1. The van der Waals surface area contributed by atoms with Crippen molar-refractivity contribution in [3.8, 4) is 11.5 Å². The molecule has 0 saturated carbocycles. The molecule has 0 aromatic heterocycles. The lowest BCUT2D eigenvalue weighted by Crippen LogP contribution is -2.35. The summed E-state index contributed by atoms with van der Waals surface area (Å²) in [4.78, 5) is 2.45. The molecule has 0 saturated heterocycles. The van der Waals surface area contributed by atoms with E-state index in [9.17, 15) is 0 Å². The van der Waals surface area contributed by atoms with E-state index < -0.39 is 0 Å². The number of ether oxygens (including phenoxy) is 2. The molecule has 0 radical (unpaired) electrons. The van der Waals surface area contributed by atoms with Crippen molar-refractivity contribution in [3.63, 3.8) is 0 Å². The predicted octanol–water partition coefficient (Wildman–Crippen LogP) is 2.73. The average Bonchev–Trinajstić information content (AvgIpc) is 2.51. The van der Waals surface area contributed by atoms with E-state index >= 15 is 0 Å². The fourth-order valence-corrected chi connectivity index (χ4v) is 2.59. The summed E-state index contributed by atoms with van der Waals surface area (Å²) in [6.45, 7) is 6.77. The summed E-state index contributed by atoms with van der Waals surface area (Å²) in [5.41, 5.74) is 1.25. The van der Waals surface area contributed by atoms with Gasteiger partial charge in [-0.3, -0.25) is 0 Å². The Bertz CT molecular complexity index is 409. The molecule has 1 unspecified atom stereocenters. The Balaban J connectivity index is 2.65. The average molecular weight is 295 g/mol. The standard InChI is InChI=1S/C17H29NO3/c1-5-18(10-6-7-11-19)14(2)12-15-8-9-16(20-3)17(13-15)21-4/h8-9,13-14,19H,5-7,10-12H2,1-4H3. The van der Waals surface area contributed by atoms with Gasteiger partial charge in [-0.1, -0.05) is 13.0 Å². The molecular formula is C17H29NO3. The van der Waals surface area contributed by atoms with Crippen molar-refractivity contribution in [2.75, 3.05) is 33.9 Å². The van der Waals surface area contributed by atoms with Crippen molar-refractivity contribution in [2.45, 2.75) is 39.2 Å². The molecule has 4 heteroatoms. The Kier molecular flexibility index (Phi) is 8.16. The van der Waals surface area contributed by atoms with E-state index in [4.69, 9.17) is 14.6 Å². The molecule has 0 aliphatic rings. The zero-order chi connectivity index (χ0) is 15.7. The maximum atomic E-state index is 8.89. The summed E-state index contributed by atoms with van der Waals surface area (Å²) < 4.78 is 10.6. The second kappa shape index (κ2) is 9.64. The molecule has 0 bridgehead atoms. The van der Waals surface area contributed by atoms with E-state index in [0.717, 1.165) is 43.9 Å². The fraction of sp³-hybridized carbons (Fsp3) is 0.647. The summed E-state index contributed by atoms with van der Waals surface area (Å²) in [7, 11) is 3.32. The number of unbranched alkanes of at least 4 members (excludes halogenated alkanes) is 1. The van der Waals surface area contributed by atoms with Gasteiger partial charge in [-0.15, -0.1) is 0 Å². The Hall–Kier alpha value is -1.26. The van der Waals surface area contributed by atoms with Crippen molar-refractivity contribution in [2.24, 2.45) is 0 Å². The van der Waals surface area contributed by atoms with Gasteiger partial charge < -0.3 is 19.5 Å². The van der Waals surface area contributed by atoms with Gasteiger partial charge in [0, 0.05) is 12.6 Å². The van der Waals surface area contributed by atoms with Crippen LogP contribution in [0.2, 0.25) is 0 Å². The number of benzene rings is 1. The zero-order valence-electron chi connectivity index (χ0n) is 13.8. The highest BCUT2D eigenvalue weighted by Crippen LogP contribution is 2.28. The molecule has 4 nitrogen and oxygen atoms in total. The molecule has 0 amide bonds. The largest absolute Gasteiger partial charge is 0.493 e. The van der Waals surface area contributed by atoms with Crippen molar-refractivity contribution >= 4 is 0 Å². The van der Waals surface area contributed by atoms with Crippen LogP contribution in [0.25, 0.3) is 0 Å². The number of likely N-dealkylation sites (N-methyl/N-ethyl adjacent to an activating group) is 1. The van der Waals surface area contributed by atoms with E-state index in [1.54, 1.807) is 14.2 Å². The number of aliphatic hydroxyl groups excluding tert-OH is 1. The number of rotatable bonds is 10. The Morgan fingerprint density at radius 3 is 2.43 bits per heavy atom. The van der Waals surface area contributed by atoms with Gasteiger partial charge in [0.1, 0.15) is 0 Å². The summed E-state index contributed by atoms with van der Waals surface area (Å²) in [5.74, 6) is 1.55. The molecule has 21 heavy (non-hydrogen) atoms. The van der Waals surface area contributed by atoms with E-state index in [1.165, 1.54) is 5.56 Å². The highest BCUT2D eigenvalue weighted by Gasteiger charge is 2.13. The molecule has 120 valence electrons. The van der Waals surface area contributed by atoms with Crippen LogP contribution in [-0.4, -0.2) is 50.0 Å². The van der Waals surface area contributed by atoms with Crippen LogP contribution < -0.4 is 9.47 Å². The topological polar surface area (TPSA) is 41.9 Å². The number of aliphatic hydroxyl groups is 1. The number of hydrogen-bond acceptors (Lipinski definition) is 4. The highest BCUT2D eigenvalue weighted by molar-refractivity contribution is 5.43. The van der Waals surface area contributed by atoms with Gasteiger partial charge in [0.2, 0.25) is 0 Å². The summed E-state index contributed by atoms with van der Waals surface area (Å²) in [5, 5.41) is 8.89. The minimum Gasteiger partial charge on any atom is -0.493 e. The minimum atomic E-state index is 0.279. The van der Waals surface area contributed by atoms with Crippen LogP contribution in [0.4, 0.5) is 0 Å². The lowest BCUT2D eigenvalue weighted by atomic mass is 10.0. The summed E-state index contributed by atoms with van der Waals surface area (Å²) >= 11 is 0. The van der Waals surface area contributed by atoms with Crippen molar-refractivity contribution < 1.29 is 14.6 Å². The lowest BCUT2D eigenvalue weighted by Gasteiger charge is -2.28. The molecule has 0 aliphatic carbocycles. The molecule has 0 fully saturated rings. The van der Waals surface area contributed by atoms with E-state index in [0.29, 0.717) is 6.04 Å². The van der Waals surface area contributed by atoms with Crippen LogP contribution in [0.3, 0.4) is 0 Å². The molecule has 1 N–H and O–H groups in total. The second-order valence-electron chi connectivity index (χ2n) is 5.30. The van der Waals surface area contributed by atoms with Crippen LogP contribution in [0.5, 0.6) is 11.5 Å². The Morgan fingerprint density at radius 2 is 1.86 bits per heavy atom. The minimum absolute atomic E-state index is 0.279. The van der Waals surface area contributed by atoms with Gasteiger partial charge in [-0.05, 0) is 57.0 Å². The molecule has 1 aromatic carbocycles. The van der Waals surface area contributed by atoms with Gasteiger partial charge in [-0.2, -0.15) is 0 Å². The van der Waals surface area contributed by atoms with Crippen LogP contribution in [0.1, 0.15) is 32.3 Å². The molecule has 0 spiro atoms. The maximum absolute atomic E-state index is 8.89. The maximum Gasteiger partial charge on any atom is 0.160 e. The molecule has 1 atom stereocenters. The smallest absolute Gasteiger partial charge is 0.160 e. The first-order chi connectivity index (χ1) is 10.2. The molecular weight excluding hydrogens is 266 g/mol. The van der Waals surface area contributed by atoms with Crippen LogP contribution >= 0.6 is 0 Å². The molecule has 1 aromatic rings. The van der Waals surface area contributed by atoms with Crippen LogP contribution in [0, 0.1) is 0 Å². The SMILES string of the molecule is CCN(CCCCO)C(C)Cc1ccc(OC)c(OC)c1. The van der Waals surface area contributed by atoms with Crippen molar-refractivity contribution in [1.82, 2.24) is 4.90 Å². The Morgan fingerprint density at radius 1 is 1.14 bits per heavy atom. The quantitative estimate of drug-likeness (QED) is 0.674. The number of methoxy groups -OCH3 is 2. The monoisotopic (exact) mass is 295 g/mol. The first-order valence-electron chi connectivity index (χ1n) is 7.72. The highest BCUT2D eigenvalue weighted by atomic mass is 16.5. The molecule has 0 heterocycles. The van der Waals surface area contributed by atoms with Gasteiger partial charge in [0.25, 0.3) is 0 Å². The predicted molar refractivity (Wildman–Crippen MR) is 86.3 cm³/mol. The van der Waals surface area contributed by atoms with E-state index in [-0.39, 0.29) is 6.61 Å². The van der Waals surface area contributed by atoms with Gasteiger partial charge in [0.05, 0.1) is 14.2 Å². The van der Waals surface area contributed by atoms with Gasteiger partial charge >= 0.3 is 0 Å². The summed E-state index contributed by atoms with van der Waals surface area (Å²) in [6, 6.07) is 6.57. The molecule has 1 rings (SSSR count). The van der Waals surface area contributed by atoms with E-state index in [2.05, 4.69) is 30.9 Å². The number of nitrogens with zero attached hydrogens (tertiary/aromatic N) is 1. The van der Waals surface area contributed by atoms with Crippen molar-refractivity contribution in [3.05, 3.63) is 23.8 Å². The lowest BCUT2D eigenvalue weighted by molar-refractivity contribution is 0.203. The van der Waals surface area contributed by atoms with Crippen molar-refractivity contribution in [1.29, 1.82) is 0 Å².